The van der Waals surface area contributed by atoms with Gasteiger partial charge >= 0.3 is 0 Å². The van der Waals surface area contributed by atoms with E-state index in [-0.39, 0.29) is 4.90 Å². The molecule has 0 radical (unpaired) electrons. The van der Waals surface area contributed by atoms with Crippen LogP contribution in [0.3, 0.4) is 0 Å². The Hall–Kier alpha value is -2.96. The number of ether oxygens (including phenoxy) is 1. The van der Waals surface area contributed by atoms with E-state index in [9.17, 15) is 13.0 Å². The molecule has 0 atom stereocenters. The Bertz CT molecular complexity index is 1020. The zero-order chi connectivity index (χ0) is 20.6. The van der Waals surface area contributed by atoms with Crippen LogP contribution >= 0.6 is 0 Å². The maximum Gasteiger partial charge on any atom is 0.204 e. The van der Waals surface area contributed by atoms with Gasteiger partial charge in [0.1, 0.15) is 22.9 Å². The van der Waals surface area contributed by atoms with Gasteiger partial charge in [0.25, 0.3) is 0 Å². The first-order valence-corrected chi connectivity index (χ1v) is 10.00. The third-order valence-corrected chi connectivity index (χ3v) is 4.82. The number of aromatic nitrogens is 1. The molecular formula is C22H23NO4S. The number of benzene rings is 2. The largest absolute Gasteiger partial charge is 0.744 e. The molecule has 146 valence electrons. The second-order valence-corrected chi connectivity index (χ2v) is 7.49. The highest BCUT2D eigenvalue weighted by molar-refractivity contribution is 7.85. The summed E-state index contributed by atoms with van der Waals surface area (Å²) in [6.07, 6.45) is 6.23. The Morgan fingerprint density at radius 1 is 0.929 bits per heavy atom. The lowest BCUT2D eigenvalue weighted by atomic mass is 10.2. The molecule has 0 saturated heterocycles. The maximum atomic E-state index is 10.4. The summed E-state index contributed by atoms with van der Waals surface area (Å²) in [4.78, 5) is -0.178. The van der Waals surface area contributed by atoms with Crippen LogP contribution in [0.4, 0.5) is 0 Å². The van der Waals surface area contributed by atoms with Gasteiger partial charge in [0, 0.05) is 18.2 Å². The van der Waals surface area contributed by atoms with Crippen molar-refractivity contribution in [2.24, 2.45) is 7.05 Å². The van der Waals surface area contributed by atoms with E-state index in [0.717, 1.165) is 16.9 Å². The fourth-order valence-electron chi connectivity index (χ4n) is 2.31. The standard InChI is InChI=1S/C15H16NO.C7H8O3S/c1-16-12-4-3-5-14(16)9-6-13-7-10-15(17-2)11-8-13;1-6-2-4-7(5-3-6)11(8,9)10/h3-12H,1-2H3;2-5H,1H3,(H,8,9,10)/q+1;/p-1. The fourth-order valence-corrected chi connectivity index (χ4v) is 2.78. The number of aryl methyl sites for hydroxylation is 2. The molecule has 1 heterocycles. The summed E-state index contributed by atoms with van der Waals surface area (Å²) < 4.78 is 38.4. The van der Waals surface area contributed by atoms with Crippen LogP contribution in [0.25, 0.3) is 12.2 Å². The highest BCUT2D eigenvalue weighted by Gasteiger charge is 1.99. The third-order valence-electron chi connectivity index (χ3n) is 3.97. The second-order valence-electron chi connectivity index (χ2n) is 6.11. The van der Waals surface area contributed by atoms with Gasteiger partial charge in [-0.1, -0.05) is 29.8 Å². The molecule has 1 aromatic heterocycles. The smallest absolute Gasteiger partial charge is 0.204 e. The van der Waals surface area contributed by atoms with Crippen LogP contribution in [0.5, 0.6) is 5.75 Å². The van der Waals surface area contributed by atoms with Gasteiger partial charge in [-0.05, 0) is 48.9 Å². The first kappa shape index (κ1) is 21.3. The minimum atomic E-state index is -4.27. The quantitative estimate of drug-likeness (QED) is 0.498. The van der Waals surface area contributed by atoms with E-state index in [1.807, 2.05) is 56.6 Å². The highest BCUT2D eigenvalue weighted by Crippen LogP contribution is 2.13. The Morgan fingerprint density at radius 3 is 2.11 bits per heavy atom. The van der Waals surface area contributed by atoms with Crippen molar-refractivity contribution in [2.75, 3.05) is 7.11 Å². The molecule has 5 nitrogen and oxygen atoms in total. The molecule has 0 saturated carbocycles. The molecule has 0 amide bonds. The van der Waals surface area contributed by atoms with Gasteiger partial charge in [-0.3, -0.25) is 0 Å². The predicted molar refractivity (Wildman–Crippen MR) is 109 cm³/mol. The van der Waals surface area contributed by atoms with Crippen molar-refractivity contribution < 1.29 is 22.3 Å². The highest BCUT2D eigenvalue weighted by atomic mass is 32.2. The molecule has 2 aromatic carbocycles. The third kappa shape index (κ3) is 6.64. The lowest BCUT2D eigenvalue weighted by Crippen LogP contribution is -2.30. The first-order chi connectivity index (χ1) is 13.3. The van der Waals surface area contributed by atoms with E-state index in [2.05, 4.69) is 22.8 Å². The molecule has 0 aliphatic heterocycles. The van der Waals surface area contributed by atoms with Crippen LogP contribution in [0.2, 0.25) is 0 Å². The molecule has 0 aliphatic rings. The molecule has 6 heteroatoms. The maximum absolute atomic E-state index is 10.4. The van der Waals surface area contributed by atoms with Crippen molar-refractivity contribution in [1.82, 2.24) is 0 Å². The van der Waals surface area contributed by atoms with Gasteiger partial charge in [0.15, 0.2) is 6.20 Å². The van der Waals surface area contributed by atoms with E-state index < -0.39 is 10.1 Å². The predicted octanol–water partition coefficient (Wildman–Crippen LogP) is 3.59. The molecule has 0 N–H and O–H groups in total. The zero-order valence-corrected chi connectivity index (χ0v) is 16.9. The van der Waals surface area contributed by atoms with Crippen LogP contribution in [0.1, 0.15) is 16.8 Å². The number of hydrogen-bond donors (Lipinski definition) is 0. The first-order valence-electron chi connectivity index (χ1n) is 8.59. The summed E-state index contributed by atoms with van der Waals surface area (Å²) in [6.45, 7) is 1.82. The fraction of sp³-hybridized carbons (Fsp3) is 0.136. The van der Waals surface area contributed by atoms with Crippen molar-refractivity contribution in [1.29, 1.82) is 0 Å². The van der Waals surface area contributed by atoms with Crippen molar-refractivity contribution in [3.8, 4) is 5.75 Å². The summed E-state index contributed by atoms with van der Waals surface area (Å²) in [5, 5.41) is 0. The van der Waals surface area contributed by atoms with Gasteiger partial charge in [-0.2, -0.15) is 0 Å². The van der Waals surface area contributed by atoms with Crippen LogP contribution in [0, 0.1) is 6.92 Å². The molecular weight excluding hydrogens is 374 g/mol. The van der Waals surface area contributed by atoms with Crippen molar-refractivity contribution in [3.05, 3.63) is 89.7 Å². The molecule has 0 fully saturated rings. The summed E-state index contributed by atoms with van der Waals surface area (Å²) in [7, 11) is -0.559. The van der Waals surface area contributed by atoms with E-state index >= 15 is 0 Å². The SMILES string of the molecule is COc1ccc(C=Cc2cccc[n+]2C)cc1.Cc1ccc(S(=O)(=O)[O-])cc1. The lowest BCUT2D eigenvalue weighted by molar-refractivity contribution is -0.673. The molecule has 28 heavy (non-hydrogen) atoms. The van der Waals surface area contributed by atoms with Gasteiger partial charge in [0.2, 0.25) is 5.69 Å². The van der Waals surface area contributed by atoms with E-state index in [4.69, 9.17) is 4.74 Å². The zero-order valence-electron chi connectivity index (χ0n) is 16.1. The van der Waals surface area contributed by atoms with Gasteiger partial charge in [-0.15, -0.1) is 0 Å². The van der Waals surface area contributed by atoms with Crippen molar-refractivity contribution in [3.63, 3.8) is 0 Å². The second kappa shape index (κ2) is 9.82. The summed E-state index contributed by atoms with van der Waals surface area (Å²) >= 11 is 0. The number of pyridine rings is 1. The van der Waals surface area contributed by atoms with Crippen molar-refractivity contribution >= 4 is 22.3 Å². The van der Waals surface area contributed by atoms with E-state index in [1.54, 1.807) is 19.2 Å². The molecule has 0 bridgehead atoms. The number of nitrogens with zero attached hydrogens (tertiary/aromatic N) is 1. The van der Waals surface area contributed by atoms with Gasteiger partial charge in [0.05, 0.1) is 12.0 Å². The van der Waals surface area contributed by atoms with Crippen LogP contribution in [0.15, 0.2) is 77.8 Å². The Morgan fingerprint density at radius 2 is 1.57 bits per heavy atom. The Balaban J connectivity index is 0.000000221. The normalized spacial score (nSPS) is 11.0. The molecule has 3 aromatic rings. The minimum absolute atomic E-state index is 0.178. The Labute approximate surface area is 166 Å². The minimum Gasteiger partial charge on any atom is -0.744 e. The van der Waals surface area contributed by atoms with Crippen molar-refractivity contribution in [2.45, 2.75) is 11.8 Å². The van der Waals surface area contributed by atoms with Gasteiger partial charge < -0.3 is 9.29 Å². The van der Waals surface area contributed by atoms with E-state index in [0.29, 0.717) is 0 Å². The Kier molecular flexibility index (Phi) is 7.49. The average Bonchev–Trinajstić information content (AvgIpc) is 2.68. The number of hydrogen-bond acceptors (Lipinski definition) is 4. The van der Waals surface area contributed by atoms with E-state index in [1.165, 1.54) is 17.8 Å². The molecule has 0 unspecified atom stereocenters. The summed E-state index contributed by atoms with van der Waals surface area (Å²) in [6, 6.07) is 19.9. The van der Waals surface area contributed by atoms with Crippen LogP contribution in [-0.2, 0) is 17.2 Å². The van der Waals surface area contributed by atoms with Crippen LogP contribution < -0.4 is 9.30 Å². The summed E-state index contributed by atoms with van der Waals surface area (Å²) in [5.74, 6) is 0.882. The lowest BCUT2D eigenvalue weighted by Gasteiger charge is -2.05. The number of methoxy groups -OCH3 is 1. The summed E-state index contributed by atoms with van der Waals surface area (Å²) in [5.41, 5.74) is 3.26. The molecule has 0 spiro atoms. The molecule has 0 aliphatic carbocycles. The number of rotatable bonds is 4. The monoisotopic (exact) mass is 397 g/mol. The van der Waals surface area contributed by atoms with Crippen LogP contribution in [-0.4, -0.2) is 20.1 Å². The molecule has 3 rings (SSSR count). The van der Waals surface area contributed by atoms with Gasteiger partial charge in [-0.25, -0.2) is 13.0 Å². The topological polar surface area (TPSA) is 70.3 Å². The average molecular weight is 397 g/mol.